The summed E-state index contributed by atoms with van der Waals surface area (Å²) in [5, 5.41) is 0. The third-order valence-electron chi connectivity index (χ3n) is 3.04. The minimum Gasteiger partial charge on any atom is -0.465 e. The number of esters is 2. The van der Waals surface area contributed by atoms with E-state index in [1.54, 1.807) is 6.08 Å². The summed E-state index contributed by atoms with van der Waals surface area (Å²) in [5.41, 5.74) is 1.00. The lowest BCUT2D eigenvalue weighted by Gasteiger charge is -2.23. The number of hydrogen-bond donors (Lipinski definition) is 0. The Kier molecular flexibility index (Phi) is 8.58. The molecule has 0 fully saturated rings. The van der Waals surface area contributed by atoms with E-state index in [1.165, 1.54) is 13.8 Å². The standard InChI is InChI=1S/C17H21BrO5/c1-4-15(10-22-12(2)19)17(23-13(3)20)11-21-9-14-5-7-16(18)8-6-14/h4-8,15,17H,1,9-11H2,2-3H3/t15-,17-/m0/s1. The smallest absolute Gasteiger partial charge is 0.303 e. The third kappa shape index (κ3) is 7.95. The molecular formula is C17H21BrO5. The molecule has 0 radical (unpaired) electrons. The fourth-order valence-corrected chi connectivity index (χ4v) is 2.14. The van der Waals surface area contributed by atoms with Gasteiger partial charge in [0.05, 0.1) is 19.1 Å². The van der Waals surface area contributed by atoms with E-state index in [9.17, 15) is 9.59 Å². The Morgan fingerprint density at radius 2 is 1.83 bits per heavy atom. The highest BCUT2D eigenvalue weighted by Gasteiger charge is 2.23. The summed E-state index contributed by atoms with van der Waals surface area (Å²) in [4.78, 5) is 22.2. The average Bonchev–Trinajstić information content (AvgIpc) is 2.48. The van der Waals surface area contributed by atoms with Gasteiger partial charge in [0.2, 0.25) is 0 Å². The van der Waals surface area contributed by atoms with Gasteiger partial charge in [-0.1, -0.05) is 34.1 Å². The van der Waals surface area contributed by atoms with Crippen LogP contribution in [-0.4, -0.2) is 31.3 Å². The van der Waals surface area contributed by atoms with Gasteiger partial charge in [-0.25, -0.2) is 0 Å². The topological polar surface area (TPSA) is 61.8 Å². The van der Waals surface area contributed by atoms with Crippen LogP contribution in [0.25, 0.3) is 0 Å². The van der Waals surface area contributed by atoms with E-state index < -0.39 is 18.0 Å². The van der Waals surface area contributed by atoms with E-state index in [2.05, 4.69) is 22.5 Å². The van der Waals surface area contributed by atoms with Gasteiger partial charge in [0, 0.05) is 18.3 Å². The molecule has 2 atom stereocenters. The molecule has 0 aliphatic rings. The average molecular weight is 385 g/mol. The zero-order chi connectivity index (χ0) is 17.2. The molecule has 126 valence electrons. The SMILES string of the molecule is C=C[C@@H](COC(C)=O)[C@H](COCc1ccc(Br)cc1)OC(C)=O. The predicted molar refractivity (Wildman–Crippen MR) is 89.7 cm³/mol. The summed E-state index contributed by atoms with van der Waals surface area (Å²) >= 11 is 3.37. The van der Waals surface area contributed by atoms with Crippen molar-refractivity contribution in [2.75, 3.05) is 13.2 Å². The minimum atomic E-state index is -0.556. The third-order valence-corrected chi connectivity index (χ3v) is 3.57. The Bertz CT molecular complexity index is 526. The highest BCUT2D eigenvalue weighted by atomic mass is 79.9. The Balaban J connectivity index is 2.58. The van der Waals surface area contributed by atoms with Crippen molar-refractivity contribution in [3.05, 3.63) is 47.0 Å². The molecule has 0 aliphatic heterocycles. The highest BCUT2D eigenvalue weighted by Crippen LogP contribution is 2.14. The van der Waals surface area contributed by atoms with Gasteiger partial charge in [0.1, 0.15) is 12.7 Å². The number of halogens is 1. The summed E-state index contributed by atoms with van der Waals surface area (Å²) < 4.78 is 16.9. The molecule has 6 heteroatoms. The van der Waals surface area contributed by atoms with Crippen molar-refractivity contribution < 1.29 is 23.8 Å². The first kappa shape index (κ1) is 19.4. The van der Waals surface area contributed by atoms with Crippen molar-refractivity contribution >= 4 is 27.9 Å². The molecule has 0 bridgehead atoms. The Morgan fingerprint density at radius 3 is 2.35 bits per heavy atom. The van der Waals surface area contributed by atoms with Gasteiger partial charge in [0.15, 0.2) is 0 Å². The van der Waals surface area contributed by atoms with E-state index in [-0.39, 0.29) is 19.1 Å². The first-order valence-corrected chi connectivity index (χ1v) is 7.97. The first-order chi connectivity index (χ1) is 10.9. The quantitative estimate of drug-likeness (QED) is 0.482. The van der Waals surface area contributed by atoms with Crippen molar-refractivity contribution in [2.45, 2.75) is 26.6 Å². The van der Waals surface area contributed by atoms with Crippen LogP contribution in [0.5, 0.6) is 0 Å². The zero-order valence-corrected chi connectivity index (χ0v) is 14.9. The van der Waals surface area contributed by atoms with Crippen molar-refractivity contribution in [3.63, 3.8) is 0 Å². The van der Waals surface area contributed by atoms with Crippen molar-refractivity contribution in [3.8, 4) is 0 Å². The lowest BCUT2D eigenvalue weighted by atomic mass is 10.0. The molecule has 0 amide bonds. The highest BCUT2D eigenvalue weighted by molar-refractivity contribution is 9.10. The second-order valence-electron chi connectivity index (χ2n) is 4.99. The van der Waals surface area contributed by atoms with Gasteiger partial charge in [-0.05, 0) is 17.7 Å². The molecule has 23 heavy (non-hydrogen) atoms. The van der Waals surface area contributed by atoms with E-state index in [1.807, 2.05) is 24.3 Å². The van der Waals surface area contributed by atoms with Crippen LogP contribution in [0, 0.1) is 5.92 Å². The number of hydrogen-bond acceptors (Lipinski definition) is 5. The largest absolute Gasteiger partial charge is 0.465 e. The van der Waals surface area contributed by atoms with Gasteiger partial charge in [-0.2, -0.15) is 0 Å². The molecule has 1 aromatic rings. The monoisotopic (exact) mass is 384 g/mol. The molecule has 0 unspecified atom stereocenters. The molecule has 0 N–H and O–H groups in total. The maximum absolute atomic E-state index is 11.3. The zero-order valence-electron chi connectivity index (χ0n) is 13.3. The number of carbonyl (C=O) groups is 2. The van der Waals surface area contributed by atoms with Crippen LogP contribution in [0.1, 0.15) is 19.4 Å². The Labute approximate surface area is 144 Å². The van der Waals surface area contributed by atoms with Crippen LogP contribution in [-0.2, 0) is 30.4 Å². The number of benzene rings is 1. The van der Waals surface area contributed by atoms with Gasteiger partial charge in [0.25, 0.3) is 0 Å². The van der Waals surface area contributed by atoms with Gasteiger partial charge < -0.3 is 14.2 Å². The lowest BCUT2D eigenvalue weighted by Crippen LogP contribution is -2.33. The maximum Gasteiger partial charge on any atom is 0.303 e. The molecule has 0 aliphatic carbocycles. The predicted octanol–water partition coefficient (Wildman–Crippen LogP) is 3.26. The van der Waals surface area contributed by atoms with Crippen molar-refractivity contribution in [2.24, 2.45) is 5.92 Å². The molecule has 0 aromatic heterocycles. The minimum absolute atomic E-state index is 0.0957. The molecule has 0 saturated carbocycles. The van der Waals surface area contributed by atoms with E-state index in [0.717, 1.165) is 10.0 Å². The Hall–Kier alpha value is -1.66. The first-order valence-electron chi connectivity index (χ1n) is 7.17. The van der Waals surface area contributed by atoms with Crippen LogP contribution in [0.2, 0.25) is 0 Å². The fourth-order valence-electron chi connectivity index (χ4n) is 1.87. The summed E-state index contributed by atoms with van der Waals surface area (Å²) in [5.74, 6) is -1.14. The van der Waals surface area contributed by atoms with Crippen molar-refractivity contribution in [1.29, 1.82) is 0 Å². The van der Waals surface area contributed by atoms with E-state index in [0.29, 0.717) is 6.61 Å². The molecule has 0 saturated heterocycles. The summed E-state index contributed by atoms with van der Waals surface area (Å²) in [7, 11) is 0. The molecular weight excluding hydrogens is 364 g/mol. The maximum atomic E-state index is 11.3. The van der Waals surface area contributed by atoms with Gasteiger partial charge in [-0.3, -0.25) is 9.59 Å². The second-order valence-corrected chi connectivity index (χ2v) is 5.91. The van der Waals surface area contributed by atoms with Gasteiger partial charge in [-0.15, -0.1) is 6.58 Å². The fraction of sp³-hybridized carbons (Fsp3) is 0.412. The molecule has 0 heterocycles. The lowest BCUT2D eigenvalue weighted by molar-refractivity contribution is -0.155. The molecule has 0 spiro atoms. The number of ether oxygens (including phenoxy) is 3. The molecule has 5 nitrogen and oxygen atoms in total. The van der Waals surface area contributed by atoms with Crippen LogP contribution in [0.4, 0.5) is 0 Å². The summed E-state index contributed by atoms with van der Waals surface area (Å²) in [6.07, 6.45) is 1.04. The second kappa shape index (κ2) is 10.2. The molecule has 1 rings (SSSR count). The van der Waals surface area contributed by atoms with Crippen molar-refractivity contribution in [1.82, 2.24) is 0 Å². The summed E-state index contributed by atoms with van der Waals surface area (Å²) in [6.45, 7) is 7.03. The summed E-state index contributed by atoms with van der Waals surface area (Å²) in [6, 6.07) is 7.73. The van der Waals surface area contributed by atoms with Crippen LogP contribution < -0.4 is 0 Å². The molecule has 1 aromatic carbocycles. The van der Waals surface area contributed by atoms with Crippen LogP contribution in [0.15, 0.2) is 41.4 Å². The van der Waals surface area contributed by atoms with E-state index in [4.69, 9.17) is 14.2 Å². The van der Waals surface area contributed by atoms with E-state index >= 15 is 0 Å². The Morgan fingerprint density at radius 1 is 1.17 bits per heavy atom. The number of rotatable bonds is 9. The number of carbonyl (C=O) groups excluding carboxylic acids is 2. The van der Waals surface area contributed by atoms with Gasteiger partial charge >= 0.3 is 11.9 Å². The normalized spacial score (nSPS) is 13.0. The van der Waals surface area contributed by atoms with Crippen LogP contribution >= 0.6 is 15.9 Å². The van der Waals surface area contributed by atoms with Crippen LogP contribution in [0.3, 0.4) is 0 Å².